The lowest BCUT2D eigenvalue weighted by Gasteiger charge is -2.22. The normalized spacial score (nSPS) is 14.2. The molecule has 1 amide bonds. The van der Waals surface area contributed by atoms with Gasteiger partial charge in [0.25, 0.3) is 0 Å². The zero-order valence-corrected chi connectivity index (χ0v) is 9.86. The lowest BCUT2D eigenvalue weighted by atomic mass is 10.00. The van der Waals surface area contributed by atoms with E-state index < -0.39 is 18.3 Å². The van der Waals surface area contributed by atoms with Gasteiger partial charge >= 0.3 is 6.09 Å². The minimum atomic E-state index is -0.940. The number of halogens is 1. The van der Waals surface area contributed by atoms with Crippen LogP contribution in [0.2, 0.25) is 5.02 Å². The van der Waals surface area contributed by atoms with Gasteiger partial charge in [0.15, 0.2) is 6.10 Å². The summed E-state index contributed by atoms with van der Waals surface area (Å²) in [5.41, 5.74) is 6.37. The van der Waals surface area contributed by atoms with E-state index in [0.29, 0.717) is 10.6 Å². The molecule has 5 heteroatoms. The number of hydrogen-bond donors (Lipinski definition) is 2. The van der Waals surface area contributed by atoms with Gasteiger partial charge in [0.1, 0.15) is 0 Å². The molecular weight excluding hydrogens is 230 g/mol. The molecule has 4 nitrogen and oxygen atoms in total. The number of amides is 1. The highest BCUT2D eigenvalue weighted by Gasteiger charge is 2.24. The van der Waals surface area contributed by atoms with Crippen LogP contribution in [0, 0.1) is 6.92 Å². The minimum Gasteiger partial charge on any atom is -0.439 e. The second-order valence-electron chi connectivity index (χ2n) is 3.57. The smallest absolute Gasteiger partial charge is 0.405 e. The highest BCUT2D eigenvalue weighted by molar-refractivity contribution is 6.31. The van der Waals surface area contributed by atoms with Crippen LogP contribution in [0.3, 0.4) is 0 Å². The first-order chi connectivity index (χ1) is 7.43. The van der Waals surface area contributed by atoms with E-state index in [1.54, 1.807) is 12.1 Å². The first-order valence-electron chi connectivity index (χ1n) is 4.82. The monoisotopic (exact) mass is 243 g/mol. The van der Waals surface area contributed by atoms with Crippen LogP contribution in [0.25, 0.3) is 0 Å². The van der Waals surface area contributed by atoms with Crippen LogP contribution in [-0.4, -0.2) is 17.3 Å². The molecular formula is C11H14ClNO3. The minimum absolute atomic E-state index is 0.437. The van der Waals surface area contributed by atoms with E-state index in [-0.39, 0.29) is 0 Å². The highest BCUT2D eigenvalue weighted by atomic mass is 35.5. The maximum Gasteiger partial charge on any atom is 0.405 e. The van der Waals surface area contributed by atoms with Crippen molar-refractivity contribution in [3.8, 4) is 0 Å². The molecule has 0 saturated heterocycles. The van der Waals surface area contributed by atoms with Gasteiger partial charge in [-0.05, 0) is 25.5 Å². The Bertz CT molecular complexity index is 373. The number of nitrogens with two attached hydrogens (primary N) is 1. The molecule has 0 saturated carbocycles. The number of ether oxygens (including phenoxy) is 1. The van der Waals surface area contributed by atoms with Gasteiger partial charge in [-0.2, -0.15) is 0 Å². The molecule has 0 heterocycles. The Balaban J connectivity index is 3.15. The van der Waals surface area contributed by atoms with Gasteiger partial charge in [-0.1, -0.05) is 23.7 Å². The van der Waals surface area contributed by atoms with Crippen LogP contribution in [0.4, 0.5) is 4.79 Å². The summed E-state index contributed by atoms with van der Waals surface area (Å²) in [5, 5.41) is 10.0. The second kappa shape index (κ2) is 5.18. The summed E-state index contributed by atoms with van der Waals surface area (Å²) in [5.74, 6) is 0. The molecule has 1 aromatic carbocycles. The third-order valence-electron chi connectivity index (χ3n) is 2.24. The van der Waals surface area contributed by atoms with Crippen molar-refractivity contribution in [3.63, 3.8) is 0 Å². The Morgan fingerprint density at radius 1 is 1.56 bits per heavy atom. The van der Waals surface area contributed by atoms with Crippen molar-refractivity contribution in [1.82, 2.24) is 0 Å². The maximum atomic E-state index is 10.8. The molecule has 0 radical (unpaired) electrons. The van der Waals surface area contributed by atoms with E-state index in [4.69, 9.17) is 22.1 Å². The van der Waals surface area contributed by atoms with Crippen LogP contribution in [0.5, 0.6) is 0 Å². The Hall–Kier alpha value is -1.26. The van der Waals surface area contributed by atoms with Crippen molar-refractivity contribution in [1.29, 1.82) is 0 Å². The number of carbonyl (C=O) groups excluding carboxylic acids is 1. The van der Waals surface area contributed by atoms with E-state index >= 15 is 0 Å². The molecule has 2 unspecified atom stereocenters. The van der Waals surface area contributed by atoms with E-state index in [9.17, 15) is 9.90 Å². The summed E-state index contributed by atoms with van der Waals surface area (Å²) in [6.45, 7) is 3.33. The van der Waals surface area contributed by atoms with Crippen molar-refractivity contribution >= 4 is 17.7 Å². The van der Waals surface area contributed by atoms with Gasteiger partial charge in [-0.15, -0.1) is 0 Å². The van der Waals surface area contributed by atoms with Gasteiger partial charge in [0, 0.05) is 10.6 Å². The zero-order valence-electron chi connectivity index (χ0n) is 9.11. The summed E-state index contributed by atoms with van der Waals surface area (Å²) >= 11 is 6.01. The third kappa shape index (κ3) is 2.87. The molecule has 3 N–H and O–H groups in total. The summed E-state index contributed by atoms with van der Waals surface area (Å²) < 4.78 is 4.86. The highest BCUT2D eigenvalue weighted by Crippen LogP contribution is 2.31. The quantitative estimate of drug-likeness (QED) is 0.855. The molecule has 0 bridgehead atoms. The zero-order chi connectivity index (χ0) is 12.3. The molecule has 1 aromatic rings. The molecule has 0 aliphatic carbocycles. The van der Waals surface area contributed by atoms with Crippen LogP contribution < -0.4 is 5.73 Å². The van der Waals surface area contributed by atoms with Gasteiger partial charge in [-0.3, -0.25) is 0 Å². The predicted octanol–water partition coefficient (Wildman–Crippen LogP) is 2.17. The fraction of sp³-hybridized carbons (Fsp3) is 0.364. The van der Waals surface area contributed by atoms with E-state index in [2.05, 4.69) is 0 Å². The summed E-state index contributed by atoms with van der Waals surface area (Å²) in [7, 11) is 0. The van der Waals surface area contributed by atoms with Gasteiger partial charge in [0.05, 0.1) is 6.10 Å². The Morgan fingerprint density at radius 2 is 2.19 bits per heavy atom. The number of primary amides is 1. The van der Waals surface area contributed by atoms with Crippen LogP contribution >= 0.6 is 11.6 Å². The first-order valence-corrected chi connectivity index (χ1v) is 5.20. The summed E-state index contributed by atoms with van der Waals surface area (Å²) in [6.07, 6.45) is -2.66. The molecule has 1 rings (SSSR count). The lowest BCUT2D eigenvalue weighted by molar-refractivity contribution is 0.0145. The molecule has 0 spiro atoms. The number of aliphatic hydroxyl groups excluding tert-OH is 1. The fourth-order valence-electron chi connectivity index (χ4n) is 1.53. The molecule has 0 fully saturated rings. The lowest BCUT2D eigenvalue weighted by Crippen LogP contribution is -2.25. The Labute approximate surface area is 99.0 Å². The number of aryl methyl sites for hydroxylation is 1. The van der Waals surface area contributed by atoms with Crippen molar-refractivity contribution in [2.45, 2.75) is 26.1 Å². The average Bonchev–Trinajstić information content (AvgIpc) is 2.15. The fourth-order valence-corrected chi connectivity index (χ4v) is 1.86. The van der Waals surface area contributed by atoms with Crippen molar-refractivity contribution in [2.24, 2.45) is 5.73 Å². The molecule has 88 valence electrons. The summed E-state index contributed by atoms with van der Waals surface area (Å²) in [4.78, 5) is 10.8. The first kappa shape index (κ1) is 12.8. The topological polar surface area (TPSA) is 72.5 Å². The van der Waals surface area contributed by atoms with Crippen LogP contribution in [0.15, 0.2) is 18.2 Å². The van der Waals surface area contributed by atoms with Crippen molar-refractivity contribution in [3.05, 3.63) is 34.3 Å². The molecule has 2 atom stereocenters. The summed E-state index contributed by atoms with van der Waals surface area (Å²) in [6, 6.07) is 5.27. The molecule has 16 heavy (non-hydrogen) atoms. The maximum absolute atomic E-state index is 10.8. The van der Waals surface area contributed by atoms with E-state index in [1.165, 1.54) is 6.92 Å². The van der Waals surface area contributed by atoms with Crippen LogP contribution in [-0.2, 0) is 4.74 Å². The predicted molar refractivity (Wildman–Crippen MR) is 61.3 cm³/mol. The third-order valence-corrected chi connectivity index (χ3v) is 2.57. The van der Waals surface area contributed by atoms with Gasteiger partial charge in [0.2, 0.25) is 0 Å². The number of benzene rings is 1. The molecule has 0 aromatic heterocycles. The number of carbonyl (C=O) groups is 1. The SMILES string of the molecule is Cc1cccc(Cl)c1C(OC(N)=O)C(C)O. The number of rotatable bonds is 3. The van der Waals surface area contributed by atoms with Gasteiger partial charge in [-0.25, -0.2) is 4.79 Å². The van der Waals surface area contributed by atoms with E-state index in [0.717, 1.165) is 5.56 Å². The van der Waals surface area contributed by atoms with E-state index in [1.807, 2.05) is 13.0 Å². The van der Waals surface area contributed by atoms with Gasteiger partial charge < -0.3 is 15.6 Å². The molecule has 0 aliphatic heterocycles. The number of hydrogen-bond acceptors (Lipinski definition) is 3. The van der Waals surface area contributed by atoms with Crippen molar-refractivity contribution < 1.29 is 14.6 Å². The standard InChI is InChI=1S/C11H14ClNO3/c1-6-4-3-5-8(12)9(6)10(7(2)14)16-11(13)15/h3-5,7,10,14H,1-2H3,(H2,13,15). The van der Waals surface area contributed by atoms with Crippen LogP contribution in [0.1, 0.15) is 24.2 Å². The molecule has 0 aliphatic rings. The Morgan fingerprint density at radius 3 is 2.62 bits per heavy atom. The second-order valence-corrected chi connectivity index (χ2v) is 3.98. The van der Waals surface area contributed by atoms with Crippen molar-refractivity contribution in [2.75, 3.05) is 0 Å². The average molecular weight is 244 g/mol. The largest absolute Gasteiger partial charge is 0.439 e. The number of aliphatic hydroxyl groups is 1. The Kier molecular flexibility index (Phi) is 4.15.